The number of pyridine rings is 1. The number of rotatable bonds is 8. The predicted molar refractivity (Wildman–Crippen MR) is 206 cm³/mol. The number of amides is 2. The maximum Gasteiger partial charge on any atom is 0.266 e. The van der Waals surface area contributed by atoms with Gasteiger partial charge in [0.2, 0.25) is 5.91 Å². The Morgan fingerprint density at radius 1 is 1.08 bits per heavy atom. The molecule has 1 saturated heterocycles. The number of sulfonamides is 1. The Kier molecular flexibility index (Phi) is 10.6. The van der Waals surface area contributed by atoms with Gasteiger partial charge in [-0.25, -0.2) is 23.1 Å². The number of para-hydroxylation sites is 1. The molecule has 1 aliphatic carbocycles. The summed E-state index contributed by atoms with van der Waals surface area (Å²) in [4.78, 5) is 37.3. The number of hydrogen-bond donors (Lipinski definition) is 5. The third-order valence-corrected chi connectivity index (χ3v) is 11.9. The Morgan fingerprint density at radius 3 is 2.75 bits per heavy atom. The Hall–Kier alpha value is -4.73. The quantitative estimate of drug-likeness (QED) is 0.149. The van der Waals surface area contributed by atoms with Crippen LogP contribution in [0.5, 0.6) is 11.5 Å². The van der Waals surface area contributed by atoms with E-state index in [0.717, 1.165) is 36.2 Å². The van der Waals surface area contributed by atoms with Crippen molar-refractivity contribution in [1.29, 1.82) is 0 Å². The summed E-state index contributed by atoms with van der Waals surface area (Å²) in [7, 11) is -2.63. The summed E-state index contributed by atoms with van der Waals surface area (Å²) in [5.74, 6) is -0.229. The van der Waals surface area contributed by atoms with Gasteiger partial charge in [-0.3, -0.25) is 9.59 Å². The van der Waals surface area contributed by atoms with Gasteiger partial charge in [0.25, 0.3) is 15.9 Å². The first kappa shape index (κ1) is 36.6. The molecule has 5 N–H and O–H groups in total. The third kappa shape index (κ3) is 8.11. The van der Waals surface area contributed by atoms with Crippen molar-refractivity contribution in [2.45, 2.75) is 81.0 Å². The van der Waals surface area contributed by atoms with E-state index in [0.29, 0.717) is 60.0 Å². The first-order valence-corrected chi connectivity index (χ1v) is 20.4. The highest BCUT2D eigenvalue weighted by Gasteiger charge is 2.61. The number of benzene rings is 2. The third-order valence-electron chi connectivity index (χ3n) is 9.76. The first-order chi connectivity index (χ1) is 25.5. The second kappa shape index (κ2) is 15.3. The van der Waals surface area contributed by atoms with Crippen LogP contribution in [-0.4, -0.2) is 74.1 Å². The number of allylic oxidation sites excluding steroid dienone is 1. The number of thiazole rings is 1. The second-order valence-corrected chi connectivity index (χ2v) is 16.6. The maximum absolute atomic E-state index is 13.8. The molecule has 4 heterocycles. The number of hydrogen-bond acceptors (Lipinski definition) is 12. The van der Waals surface area contributed by atoms with E-state index in [4.69, 9.17) is 19.4 Å². The summed E-state index contributed by atoms with van der Waals surface area (Å²) in [5.41, 5.74) is 1.07. The molecule has 4 atom stereocenters. The minimum Gasteiger partial charge on any atom is -0.497 e. The summed E-state index contributed by atoms with van der Waals surface area (Å²) in [6.45, 7) is 5.10. The number of carbonyl (C=O) groups is 2. The van der Waals surface area contributed by atoms with Gasteiger partial charge in [0.05, 0.1) is 30.0 Å². The van der Waals surface area contributed by atoms with Crippen LogP contribution in [0.25, 0.3) is 22.3 Å². The zero-order valence-electron chi connectivity index (χ0n) is 30.0. The number of fused-ring (bicyclic) bond motifs is 3. The summed E-state index contributed by atoms with van der Waals surface area (Å²) in [6, 6.07) is 13.6. The SMILES string of the molecule is COc1ccc2c(O[C@H]3CN[C@H](C(=O)N[C@]45C[C@H]4C=CCCCCCNc4ccccc4S(=O)(=O)NC5=O)C3)cc(-c3csc(NC(C)C)n3)nc2c1. The van der Waals surface area contributed by atoms with Gasteiger partial charge in [-0.15, -0.1) is 11.3 Å². The minimum absolute atomic E-state index is 0.0115. The van der Waals surface area contributed by atoms with Gasteiger partial charge in [0, 0.05) is 54.4 Å². The molecule has 280 valence electrons. The topological polar surface area (TPSA) is 173 Å². The molecule has 53 heavy (non-hydrogen) atoms. The van der Waals surface area contributed by atoms with Crippen molar-refractivity contribution in [2.24, 2.45) is 5.92 Å². The second-order valence-electron chi connectivity index (χ2n) is 14.1. The van der Waals surface area contributed by atoms with Crippen molar-refractivity contribution in [3.05, 3.63) is 66.1 Å². The number of nitrogens with zero attached hydrogens (tertiary/aromatic N) is 2. The van der Waals surface area contributed by atoms with Crippen LogP contribution in [0.4, 0.5) is 10.8 Å². The summed E-state index contributed by atoms with van der Waals surface area (Å²) < 4.78 is 41.4. The highest BCUT2D eigenvalue weighted by atomic mass is 32.2. The molecule has 0 spiro atoms. The van der Waals surface area contributed by atoms with Gasteiger partial charge in [-0.05, 0) is 63.8 Å². The van der Waals surface area contributed by atoms with E-state index in [1.807, 2.05) is 41.8 Å². The molecule has 2 aromatic heterocycles. The lowest BCUT2D eigenvalue weighted by atomic mass is 10.1. The highest BCUT2D eigenvalue weighted by molar-refractivity contribution is 7.90. The fourth-order valence-electron chi connectivity index (χ4n) is 6.86. The molecule has 1 saturated carbocycles. The van der Waals surface area contributed by atoms with Gasteiger partial charge in [0.1, 0.15) is 33.7 Å². The summed E-state index contributed by atoms with van der Waals surface area (Å²) in [5, 5.41) is 16.3. The Balaban J connectivity index is 1.09. The van der Waals surface area contributed by atoms with Gasteiger partial charge < -0.3 is 30.7 Å². The van der Waals surface area contributed by atoms with Crippen LogP contribution in [0.1, 0.15) is 52.4 Å². The fourth-order valence-corrected chi connectivity index (χ4v) is 8.94. The maximum atomic E-state index is 13.8. The zero-order chi connectivity index (χ0) is 37.2. The van der Waals surface area contributed by atoms with E-state index in [-0.39, 0.29) is 23.0 Å². The van der Waals surface area contributed by atoms with Crippen molar-refractivity contribution < 1.29 is 27.5 Å². The molecule has 0 bridgehead atoms. The number of nitrogens with one attached hydrogen (secondary N) is 5. The smallest absolute Gasteiger partial charge is 0.266 e. The van der Waals surface area contributed by atoms with E-state index in [1.54, 1.807) is 25.3 Å². The largest absolute Gasteiger partial charge is 0.497 e. The monoisotopic (exact) mass is 759 g/mol. The molecule has 13 nitrogen and oxygen atoms in total. The molecular weight excluding hydrogens is 715 g/mol. The van der Waals surface area contributed by atoms with Crippen LogP contribution < -0.4 is 35.5 Å². The van der Waals surface area contributed by atoms with Gasteiger partial charge in [-0.1, -0.05) is 30.7 Å². The van der Waals surface area contributed by atoms with E-state index < -0.39 is 33.4 Å². The van der Waals surface area contributed by atoms with Crippen LogP contribution in [0.3, 0.4) is 0 Å². The van der Waals surface area contributed by atoms with Crippen LogP contribution in [0, 0.1) is 5.92 Å². The Labute approximate surface area is 313 Å². The van der Waals surface area contributed by atoms with E-state index in [2.05, 4.69) is 39.8 Å². The molecule has 7 rings (SSSR count). The Morgan fingerprint density at radius 2 is 1.92 bits per heavy atom. The van der Waals surface area contributed by atoms with Crippen LogP contribution in [-0.2, 0) is 19.6 Å². The number of aromatic nitrogens is 2. The average Bonchev–Trinajstić information content (AvgIpc) is 3.40. The molecule has 0 radical (unpaired) electrons. The molecule has 3 aliphatic rings. The fraction of sp³-hybridized carbons (Fsp3) is 0.421. The lowest BCUT2D eigenvalue weighted by Crippen LogP contribution is -2.55. The number of ether oxygens (including phenoxy) is 2. The predicted octanol–water partition coefficient (Wildman–Crippen LogP) is 5.22. The van der Waals surface area contributed by atoms with Crippen LogP contribution >= 0.6 is 11.3 Å². The van der Waals surface area contributed by atoms with Gasteiger partial charge >= 0.3 is 0 Å². The average molecular weight is 760 g/mol. The van der Waals surface area contributed by atoms with Crippen molar-refractivity contribution in [1.82, 2.24) is 25.3 Å². The summed E-state index contributed by atoms with van der Waals surface area (Å²) in [6.07, 6.45) is 7.85. The molecule has 2 aliphatic heterocycles. The van der Waals surface area contributed by atoms with Crippen LogP contribution in [0.15, 0.2) is 71.0 Å². The lowest BCUT2D eigenvalue weighted by molar-refractivity contribution is -0.130. The molecule has 2 amide bonds. The van der Waals surface area contributed by atoms with E-state index in [1.165, 1.54) is 17.4 Å². The van der Waals surface area contributed by atoms with E-state index in [9.17, 15) is 18.0 Å². The van der Waals surface area contributed by atoms with Crippen molar-refractivity contribution >= 4 is 54.9 Å². The van der Waals surface area contributed by atoms with Gasteiger partial charge in [0.15, 0.2) is 5.13 Å². The first-order valence-electron chi connectivity index (χ1n) is 18.0. The molecule has 0 unspecified atom stereocenters. The number of carbonyl (C=O) groups excluding carboxylic acids is 2. The zero-order valence-corrected chi connectivity index (χ0v) is 31.6. The van der Waals surface area contributed by atoms with Crippen molar-refractivity contribution in [3.63, 3.8) is 0 Å². The lowest BCUT2D eigenvalue weighted by Gasteiger charge is -2.22. The highest BCUT2D eigenvalue weighted by Crippen LogP contribution is 2.46. The molecule has 2 aromatic carbocycles. The standard InChI is InChI=1S/C38H45N7O6S2/c1-23(2)41-37-43-32(22-52-37)30-19-33(27-15-14-25(50-3)17-29(27)42-30)51-26-18-31(40-21-26)35(46)44-38-20-24(38)11-7-5-4-6-10-16-39-28-12-8-9-13-34(28)53(48,49)45-36(38)47/h7-9,11-15,17,19,22-24,26,31,39-40H,4-6,10,16,18,20-21H2,1-3H3,(H,41,43)(H,44,46)(H,45,47)/t24-,26-,31+,38-/m1/s1. The summed E-state index contributed by atoms with van der Waals surface area (Å²) >= 11 is 1.50. The van der Waals surface area contributed by atoms with Gasteiger partial charge in [-0.2, -0.15) is 0 Å². The minimum atomic E-state index is -4.24. The normalized spacial score (nSPS) is 24.2. The van der Waals surface area contributed by atoms with E-state index >= 15 is 0 Å². The number of methoxy groups -OCH3 is 1. The van der Waals surface area contributed by atoms with Crippen LogP contribution in [0.2, 0.25) is 0 Å². The Bertz CT molecular complexity index is 2140. The molecule has 4 aromatic rings. The molecule has 15 heteroatoms. The number of anilines is 2. The van der Waals surface area contributed by atoms with Crippen molar-refractivity contribution in [2.75, 3.05) is 30.8 Å². The molecule has 2 fully saturated rings. The molecular formula is C38H45N7O6S2. The van der Waals surface area contributed by atoms with Crippen molar-refractivity contribution in [3.8, 4) is 22.9 Å².